The van der Waals surface area contributed by atoms with E-state index in [1.807, 2.05) is 32.9 Å². The molecule has 1 N–H and O–H groups in total. The van der Waals surface area contributed by atoms with Gasteiger partial charge in [0.2, 0.25) is 5.91 Å². The predicted octanol–water partition coefficient (Wildman–Crippen LogP) is 4.55. The van der Waals surface area contributed by atoms with E-state index >= 15 is 0 Å². The molecule has 0 unspecified atom stereocenters. The van der Waals surface area contributed by atoms with Crippen LogP contribution in [-0.2, 0) is 4.79 Å². The van der Waals surface area contributed by atoms with Crippen LogP contribution in [0.4, 0.5) is 8.78 Å². The third-order valence-corrected chi connectivity index (χ3v) is 4.66. The van der Waals surface area contributed by atoms with Crippen molar-refractivity contribution in [1.82, 2.24) is 5.32 Å². The van der Waals surface area contributed by atoms with Gasteiger partial charge in [0.1, 0.15) is 0 Å². The van der Waals surface area contributed by atoms with E-state index in [0.29, 0.717) is 4.90 Å². The van der Waals surface area contributed by atoms with Crippen LogP contribution in [0.15, 0.2) is 41.3 Å². The van der Waals surface area contributed by atoms with Gasteiger partial charge in [-0.1, -0.05) is 18.2 Å². The minimum absolute atomic E-state index is 0.104. The summed E-state index contributed by atoms with van der Waals surface area (Å²) in [7, 11) is 0. The molecule has 0 aliphatic rings. The lowest BCUT2D eigenvalue weighted by Gasteiger charge is -2.15. The van der Waals surface area contributed by atoms with E-state index in [1.165, 1.54) is 29.0 Å². The molecule has 0 spiro atoms. The lowest BCUT2D eigenvalue weighted by Crippen LogP contribution is -2.28. The van der Waals surface area contributed by atoms with Crippen molar-refractivity contribution in [2.75, 3.05) is 5.75 Å². The lowest BCUT2D eigenvalue weighted by molar-refractivity contribution is -0.119. The van der Waals surface area contributed by atoms with Gasteiger partial charge in [-0.25, -0.2) is 8.78 Å². The van der Waals surface area contributed by atoms with E-state index in [4.69, 9.17) is 0 Å². The Bertz CT molecular complexity index is 718. The molecule has 0 aromatic heterocycles. The normalized spacial score (nSPS) is 12.0. The molecule has 0 radical (unpaired) electrons. The van der Waals surface area contributed by atoms with Gasteiger partial charge in [-0.05, 0) is 55.7 Å². The summed E-state index contributed by atoms with van der Waals surface area (Å²) in [5.41, 5.74) is 3.43. The maximum absolute atomic E-state index is 13.1. The highest BCUT2D eigenvalue weighted by Gasteiger charge is 2.11. The molecule has 0 aliphatic heterocycles. The molecule has 2 rings (SSSR count). The zero-order valence-corrected chi connectivity index (χ0v) is 14.1. The van der Waals surface area contributed by atoms with Crippen molar-refractivity contribution in [3.8, 4) is 0 Å². The van der Waals surface area contributed by atoms with Crippen molar-refractivity contribution in [3.63, 3.8) is 0 Å². The summed E-state index contributed by atoms with van der Waals surface area (Å²) in [6, 6.07) is 9.60. The Morgan fingerprint density at radius 1 is 1.09 bits per heavy atom. The molecule has 2 nitrogen and oxygen atoms in total. The van der Waals surface area contributed by atoms with Crippen LogP contribution >= 0.6 is 11.8 Å². The average molecular weight is 335 g/mol. The molecule has 2 aromatic carbocycles. The first-order valence-corrected chi connectivity index (χ1v) is 8.29. The van der Waals surface area contributed by atoms with Crippen molar-refractivity contribution in [1.29, 1.82) is 0 Å². The van der Waals surface area contributed by atoms with Gasteiger partial charge in [-0.3, -0.25) is 4.79 Å². The first kappa shape index (κ1) is 17.5. The second kappa shape index (κ2) is 7.59. The van der Waals surface area contributed by atoms with Gasteiger partial charge in [0.25, 0.3) is 0 Å². The summed E-state index contributed by atoms with van der Waals surface area (Å²) < 4.78 is 26.0. The van der Waals surface area contributed by atoms with Crippen molar-refractivity contribution < 1.29 is 13.6 Å². The van der Waals surface area contributed by atoms with E-state index in [9.17, 15) is 13.6 Å². The highest BCUT2D eigenvalue weighted by Crippen LogP contribution is 2.21. The van der Waals surface area contributed by atoms with Crippen LogP contribution in [-0.4, -0.2) is 11.7 Å². The number of halogens is 2. The van der Waals surface area contributed by atoms with Crippen LogP contribution in [0.2, 0.25) is 0 Å². The standard InChI is InChI=1S/C18H19F2NOS/c1-11-4-5-14(8-12(11)2)13(3)21-18(22)10-23-15-6-7-16(19)17(20)9-15/h4-9,13H,10H2,1-3H3,(H,21,22)/t13-/m1/s1. The van der Waals surface area contributed by atoms with Crippen LogP contribution in [0.25, 0.3) is 0 Å². The van der Waals surface area contributed by atoms with Gasteiger partial charge >= 0.3 is 0 Å². The lowest BCUT2D eigenvalue weighted by atomic mass is 10.0. The third-order valence-electron chi connectivity index (χ3n) is 3.67. The van der Waals surface area contributed by atoms with E-state index in [-0.39, 0.29) is 17.7 Å². The number of thioether (sulfide) groups is 1. The molecular formula is C18H19F2NOS. The molecule has 1 amide bonds. The Hall–Kier alpha value is -1.88. The van der Waals surface area contributed by atoms with E-state index in [0.717, 1.165) is 17.7 Å². The van der Waals surface area contributed by atoms with E-state index in [2.05, 4.69) is 11.4 Å². The Morgan fingerprint density at radius 3 is 2.48 bits per heavy atom. The molecule has 0 bridgehead atoms. The van der Waals surface area contributed by atoms with Crippen LogP contribution < -0.4 is 5.32 Å². The molecule has 122 valence electrons. The Labute approximate surface area is 139 Å². The van der Waals surface area contributed by atoms with Gasteiger partial charge in [-0.2, -0.15) is 0 Å². The highest BCUT2D eigenvalue weighted by molar-refractivity contribution is 8.00. The fraction of sp³-hybridized carbons (Fsp3) is 0.278. The van der Waals surface area contributed by atoms with Crippen LogP contribution in [0.1, 0.15) is 29.7 Å². The fourth-order valence-corrected chi connectivity index (χ4v) is 2.85. The first-order valence-electron chi connectivity index (χ1n) is 7.31. The Morgan fingerprint density at radius 2 is 1.83 bits per heavy atom. The summed E-state index contributed by atoms with van der Waals surface area (Å²) in [5.74, 6) is -1.79. The zero-order chi connectivity index (χ0) is 17.0. The van der Waals surface area contributed by atoms with Crippen molar-refractivity contribution in [2.45, 2.75) is 31.7 Å². The summed E-state index contributed by atoms with van der Waals surface area (Å²) in [6.45, 7) is 6.00. The van der Waals surface area contributed by atoms with Crippen LogP contribution in [0.5, 0.6) is 0 Å². The second-order valence-corrected chi connectivity index (χ2v) is 6.55. The third kappa shape index (κ3) is 4.79. The summed E-state index contributed by atoms with van der Waals surface area (Å²) in [4.78, 5) is 12.5. The highest BCUT2D eigenvalue weighted by atomic mass is 32.2. The monoisotopic (exact) mass is 335 g/mol. The summed E-state index contributed by atoms with van der Waals surface area (Å²) in [5, 5.41) is 2.91. The first-order chi connectivity index (χ1) is 10.9. The molecule has 5 heteroatoms. The number of nitrogens with one attached hydrogen (secondary N) is 1. The number of hydrogen-bond donors (Lipinski definition) is 1. The largest absolute Gasteiger partial charge is 0.349 e. The molecule has 23 heavy (non-hydrogen) atoms. The van der Waals surface area contributed by atoms with E-state index in [1.54, 1.807) is 0 Å². The molecule has 0 heterocycles. The predicted molar refractivity (Wildman–Crippen MR) is 89.6 cm³/mol. The van der Waals surface area contributed by atoms with Gasteiger partial charge in [0.05, 0.1) is 11.8 Å². The maximum Gasteiger partial charge on any atom is 0.230 e. The number of amides is 1. The van der Waals surface area contributed by atoms with Gasteiger partial charge < -0.3 is 5.32 Å². The Balaban J connectivity index is 1.90. The zero-order valence-electron chi connectivity index (χ0n) is 13.3. The van der Waals surface area contributed by atoms with E-state index < -0.39 is 11.6 Å². The minimum Gasteiger partial charge on any atom is -0.349 e. The van der Waals surface area contributed by atoms with Gasteiger partial charge in [0.15, 0.2) is 11.6 Å². The molecular weight excluding hydrogens is 316 g/mol. The van der Waals surface area contributed by atoms with Crippen LogP contribution in [0, 0.1) is 25.5 Å². The topological polar surface area (TPSA) is 29.1 Å². The van der Waals surface area contributed by atoms with Gasteiger partial charge in [0, 0.05) is 4.90 Å². The molecule has 0 saturated carbocycles. The van der Waals surface area contributed by atoms with Crippen molar-refractivity contribution >= 4 is 17.7 Å². The van der Waals surface area contributed by atoms with Gasteiger partial charge in [-0.15, -0.1) is 11.8 Å². The number of aryl methyl sites for hydroxylation is 2. The molecule has 1 atom stereocenters. The summed E-state index contributed by atoms with van der Waals surface area (Å²) in [6.07, 6.45) is 0. The smallest absolute Gasteiger partial charge is 0.230 e. The number of carbonyl (C=O) groups excluding carboxylic acids is 1. The average Bonchev–Trinajstić information content (AvgIpc) is 2.51. The molecule has 0 aliphatic carbocycles. The number of rotatable bonds is 5. The fourth-order valence-electron chi connectivity index (χ4n) is 2.12. The molecule has 0 saturated heterocycles. The van der Waals surface area contributed by atoms with Crippen molar-refractivity contribution in [3.05, 3.63) is 64.7 Å². The quantitative estimate of drug-likeness (QED) is 0.812. The number of hydrogen-bond acceptors (Lipinski definition) is 2. The van der Waals surface area contributed by atoms with Crippen molar-refractivity contribution in [2.24, 2.45) is 0 Å². The number of carbonyl (C=O) groups is 1. The Kier molecular flexibility index (Phi) is 5.77. The second-order valence-electron chi connectivity index (χ2n) is 5.50. The number of benzene rings is 2. The molecule has 0 fully saturated rings. The molecule has 2 aromatic rings. The maximum atomic E-state index is 13.1. The minimum atomic E-state index is -0.904. The van der Waals surface area contributed by atoms with Crippen LogP contribution in [0.3, 0.4) is 0 Å². The summed E-state index contributed by atoms with van der Waals surface area (Å²) >= 11 is 1.18. The SMILES string of the molecule is Cc1ccc([C@@H](C)NC(=O)CSc2ccc(F)c(F)c2)cc1C.